The van der Waals surface area contributed by atoms with Gasteiger partial charge in [0, 0.05) is 6.04 Å². The van der Waals surface area contributed by atoms with Gasteiger partial charge in [0.05, 0.1) is 17.7 Å². The molecule has 114 valence electrons. The first kappa shape index (κ1) is 16.7. The topological polar surface area (TPSA) is 101 Å². The second-order valence-corrected chi connectivity index (χ2v) is 5.25. The average molecular weight is 292 g/mol. The smallest absolute Gasteiger partial charge is 0.336 e. The van der Waals surface area contributed by atoms with Gasteiger partial charge in [0.15, 0.2) is 0 Å². The molecule has 0 spiro atoms. The molecule has 1 rings (SSSR count). The number of benzene rings is 1. The van der Waals surface area contributed by atoms with Crippen LogP contribution in [0.3, 0.4) is 0 Å². The molecule has 0 aliphatic rings. The summed E-state index contributed by atoms with van der Waals surface area (Å²) in [6.07, 6.45) is 0. The van der Waals surface area contributed by atoms with Gasteiger partial charge in [0.1, 0.15) is 0 Å². The zero-order valence-corrected chi connectivity index (χ0v) is 12.6. The Morgan fingerprint density at radius 3 is 2.00 bits per heavy atom. The van der Waals surface area contributed by atoms with E-state index in [1.807, 2.05) is 0 Å². The van der Waals surface area contributed by atoms with E-state index in [-0.39, 0.29) is 23.7 Å². The first-order chi connectivity index (χ1) is 9.66. The molecule has 0 heterocycles. The molecule has 0 aromatic heterocycles. The molecule has 0 fully saturated rings. The monoisotopic (exact) mass is 292 g/mol. The Labute approximate surface area is 123 Å². The second-order valence-electron chi connectivity index (χ2n) is 5.25. The van der Waals surface area contributed by atoms with E-state index in [1.54, 1.807) is 39.8 Å². The summed E-state index contributed by atoms with van der Waals surface area (Å²) < 4.78 is 0. The lowest BCUT2D eigenvalue weighted by Crippen LogP contribution is -2.43. The largest absolute Gasteiger partial charge is 0.478 e. The van der Waals surface area contributed by atoms with Crippen LogP contribution in [-0.2, 0) is 4.79 Å². The number of carboxylic acid groups (broad SMARTS) is 1. The van der Waals surface area contributed by atoms with Crippen molar-refractivity contribution < 1.29 is 19.5 Å². The second kappa shape index (κ2) is 6.39. The van der Waals surface area contributed by atoms with Gasteiger partial charge in [-0.1, -0.05) is 12.1 Å². The number of amides is 2. The van der Waals surface area contributed by atoms with E-state index in [2.05, 4.69) is 0 Å². The number of carbonyl (C=O) groups is 3. The molecule has 0 saturated heterocycles. The number of nitrogens with two attached hydrogens (primary N) is 1. The molecule has 0 aliphatic heterocycles. The zero-order valence-electron chi connectivity index (χ0n) is 12.6. The van der Waals surface area contributed by atoms with Crippen molar-refractivity contribution in [2.45, 2.75) is 33.7 Å². The van der Waals surface area contributed by atoms with Crippen molar-refractivity contribution in [2.75, 3.05) is 6.54 Å². The number of rotatable bonds is 5. The Bertz CT molecular complexity index is 594. The number of hydrogen-bond donors (Lipinski definition) is 2. The number of hydrogen-bond acceptors (Lipinski definition) is 3. The van der Waals surface area contributed by atoms with E-state index in [1.165, 1.54) is 4.90 Å². The van der Waals surface area contributed by atoms with E-state index in [0.29, 0.717) is 11.1 Å². The number of aromatic carboxylic acids is 1. The van der Waals surface area contributed by atoms with Crippen molar-refractivity contribution in [2.24, 2.45) is 5.73 Å². The first-order valence-electron chi connectivity index (χ1n) is 6.59. The first-order valence-corrected chi connectivity index (χ1v) is 6.59. The van der Waals surface area contributed by atoms with Crippen LogP contribution < -0.4 is 5.73 Å². The Balaban J connectivity index is 3.43. The molecule has 6 heteroatoms. The van der Waals surface area contributed by atoms with Gasteiger partial charge in [-0.25, -0.2) is 4.79 Å². The summed E-state index contributed by atoms with van der Waals surface area (Å²) in [5, 5.41) is 9.36. The minimum absolute atomic E-state index is 0.0323. The Morgan fingerprint density at radius 2 is 1.62 bits per heavy atom. The number of carbonyl (C=O) groups excluding carboxylic acids is 2. The summed E-state index contributed by atoms with van der Waals surface area (Å²) in [4.78, 5) is 36.5. The third-order valence-corrected chi connectivity index (χ3v) is 3.26. The van der Waals surface area contributed by atoms with Crippen molar-refractivity contribution in [3.05, 3.63) is 34.4 Å². The van der Waals surface area contributed by atoms with Gasteiger partial charge in [-0.2, -0.15) is 0 Å². The molecule has 1 aromatic carbocycles. The van der Waals surface area contributed by atoms with Crippen LogP contribution in [0.15, 0.2) is 12.1 Å². The maximum atomic E-state index is 12.7. The van der Waals surface area contributed by atoms with E-state index in [9.17, 15) is 19.5 Å². The minimum Gasteiger partial charge on any atom is -0.478 e. The highest BCUT2D eigenvalue weighted by Gasteiger charge is 2.27. The van der Waals surface area contributed by atoms with Gasteiger partial charge < -0.3 is 15.7 Å². The van der Waals surface area contributed by atoms with Gasteiger partial charge in [0.25, 0.3) is 5.91 Å². The van der Waals surface area contributed by atoms with Crippen LogP contribution in [0.5, 0.6) is 0 Å². The van der Waals surface area contributed by atoms with Crippen LogP contribution in [0, 0.1) is 13.8 Å². The molecule has 1 aromatic rings. The number of carboxylic acids is 1. The Hall–Kier alpha value is -2.37. The number of primary amides is 1. The standard InChI is InChI=1S/C15H20N2O4/c1-8(2)17(7-11(16)18)14(19)12-9(3)5-6-10(4)13(12)15(20)21/h5-6,8H,7H2,1-4H3,(H2,16,18)(H,20,21). The SMILES string of the molecule is Cc1ccc(C)c(C(=O)N(CC(N)=O)C(C)C)c1C(=O)O. The summed E-state index contributed by atoms with van der Waals surface area (Å²) in [5.74, 6) is -2.30. The van der Waals surface area contributed by atoms with Gasteiger partial charge >= 0.3 is 5.97 Å². The van der Waals surface area contributed by atoms with Crippen LogP contribution in [0.2, 0.25) is 0 Å². The Kier molecular flexibility index (Phi) is 5.07. The molecular formula is C15H20N2O4. The molecule has 0 atom stereocenters. The maximum Gasteiger partial charge on any atom is 0.336 e. The van der Waals surface area contributed by atoms with Crippen molar-refractivity contribution in [3.8, 4) is 0 Å². The number of nitrogens with zero attached hydrogens (tertiary/aromatic N) is 1. The van der Waals surface area contributed by atoms with Crippen molar-refractivity contribution in [1.82, 2.24) is 4.90 Å². The van der Waals surface area contributed by atoms with E-state index < -0.39 is 17.8 Å². The highest BCUT2D eigenvalue weighted by Crippen LogP contribution is 2.21. The molecule has 2 amide bonds. The molecule has 0 aliphatic carbocycles. The molecule has 6 nitrogen and oxygen atoms in total. The molecule has 0 bridgehead atoms. The van der Waals surface area contributed by atoms with Gasteiger partial charge in [0.2, 0.25) is 5.91 Å². The van der Waals surface area contributed by atoms with E-state index in [4.69, 9.17) is 5.73 Å². The zero-order chi connectivity index (χ0) is 16.3. The lowest BCUT2D eigenvalue weighted by molar-refractivity contribution is -0.119. The molecule has 21 heavy (non-hydrogen) atoms. The van der Waals surface area contributed by atoms with Crippen molar-refractivity contribution in [1.29, 1.82) is 0 Å². The predicted molar refractivity (Wildman–Crippen MR) is 78.2 cm³/mol. The lowest BCUT2D eigenvalue weighted by Gasteiger charge is -2.27. The molecule has 3 N–H and O–H groups in total. The molecule has 0 saturated carbocycles. The highest BCUT2D eigenvalue weighted by molar-refractivity contribution is 6.07. The molecule has 0 unspecified atom stereocenters. The summed E-state index contributed by atoms with van der Waals surface area (Å²) in [7, 11) is 0. The normalized spacial score (nSPS) is 10.5. The quantitative estimate of drug-likeness (QED) is 0.855. The summed E-state index contributed by atoms with van der Waals surface area (Å²) in [6.45, 7) is 6.54. The molecule has 0 radical (unpaired) electrons. The van der Waals surface area contributed by atoms with E-state index in [0.717, 1.165) is 0 Å². The fourth-order valence-electron chi connectivity index (χ4n) is 2.16. The van der Waals surface area contributed by atoms with Crippen LogP contribution >= 0.6 is 0 Å². The summed E-state index contributed by atoms with van der Waals surface area (Å²) >= 11 is 0. The predicted octanol–water partition coefficient (Wildman–Crippen LogP) is 1.34. The van der Waals surface area contributed by atoms with Gasteiger partial charge in [-0.05, 0) is 38.8 Å². The summed E-state index contributed by atoms with van der Waals surface area (Å²) in [6, 6.07) is 3.08. The molecular weight excluding hydrogens is 272 g/mol. The van der Waals surface area contributed by atoms with Gasteiger partial charge in [-0.15, -0.1) is 0 Å². The summed E-state index contributed by atoms with van der Waals surface area (Å²) in [5.41, 5.74) is 6.29. The average Bonchev–Trinajstić information content (AvgIpc) is 2.36. The van der Waals surface area contributed by atoms with Crippen LogP contribution in [-0.4, -0.2) is 40.4 Å². The number of aryl methyl sites for hydroxylation is 2. The van der Waals surface area contributed by atoms with Crippen LogP contribution in [0.4, 0.5) is 0 Å². The fourth-order valence-corrected chi connectivity index (χ4v) is 2.16. The Morgan fingerprint density at radius 1 is 1.14 bits per heavy atom. The minimum atomic E-state index is -1.16. The lowest BCUT2D eigenvalue weighted by atomic mass is 9.95. The third kappa shape index (κ3) is 3.59. The van der Waals surface area contributed by atoms with Crippen molar-refractivity contribution in [3.63, 3.8) is 0 Å². The van der Waals surface area contributed by atoms with Crippen LogP contribution in [0.25, 0.3) is 0 Å². The highest BCUT2D eigenvalue weighted by atomic mass is 16.4. The third-order valence-electron chi connectivity index (χ3n) is 3.26. The maximum absolute atomic E-state index is 12.7. The van der Waals surface area contributed by atoms with E-state index >= 15 is 0 Å². The van der Waals surface area contributed by atoms with Gasteiger partial charge in [-0.3, -0.25) is 9.59 Å². The van der Waals surface area contributed by atoms with Crippen LogP contribution in [0.1, 0.15) is 45.7 Å². The van der Waals surface area contributed by atoms with Crippen molar-refractivity contribution >= 4 is 17.8 Å². The fraction of sp³-hybridized carbons (Fsp3) is 0.400.